The second-order valence-electron chi connectivity index (χ2n) is 2.94. The third-order valence-corrected chi connectivity index (χ3v) is 2.14. The first-order valence-corrected chi connectivity index (χ1v) is 4.28. The van der Waals surface area contributed by atoms with Crippen LogP contribution in [0.4, 0.5) is 4.39 Å². The van der Waals surface area contributed by atoms with Gasteiger partial charge < -0.3 is 10.8 Å². The molecule has 1 unspecified atom stereocenters. The normalized spacial score (nSPS) is 15.5. The lowest BCUT2D eigenvalue weighted by atomic mass is 10.0. The zero-order valence-electron chi connectivity index (χ0n) is 7.17. The average molecular weight is 204 g/mol. The second-order valence-corrected chi connectivity index (χ2v) is 3.35. The van der Waals surface area contributed by atoms with Gasteiger partial charge in [-0.1, -0.05) is 17.7 Å². The highest BCUT2D eigenvalue weighted by Gasteiger charge is 2.13. The van der Waals surface area contributed by atoms with Gasteiger partial charge in [0, 0.05) is 0 Å². The van der Waals surface area contributed by atoms with Crippen molar-refractivity contribution < 1.29 is 9.50 Å². The standard InChI is InChI=1S/C9H11ClFNO/c1-5(13)9(12)6-2-3-8(11)7(10)4-6/h2-5,9,13H,12H2,1H3/t5?,9-/m1/s1. The van der Waals surface area contributed by atoms with Gasteiger partial charge in [0.05, 0.1) is 17.2 Å². The Hall–Kier alpha value is -0.640. The molecular weight excluding hydrogens is 193 g/mol. The molecule has 1 aromatic carbocycles. The van der Waals surface area contributed by atoms with Crippen LogP contribution in [0.2, 0.25) is 5.02 Å². The van der Waals surface area contributed by atoms with Crippen LogP contribution in [-0.2, 0) is 0 Å². The predicted molar refractivity (Wildman–Crippen MR) is 50.0 cm³/mol. The second kappa shape index (κ2) is 4.05. The third kappa shape index (κ3) is 2.40. The molecule has 1 aromatic rings. The summed E-state index contributed by atoms with van der Waals surface area (Å²) in [6.07, 6.45) is -0.679. The van der Waals surface area contributed by atoms with Crippen molar-refractivity contribution in [1.82, 2.24) is 0 Å². The molecular formula is C9H11ClFNO. The zero-order chi connectivity index (χ0) is 10.0. The number of halogens is 2. The maximum Gasteiger partial charge on any atom is 0.141 e. The molecule has 0 aliphatic heterocycles. The van der Waals surface area contributed by atoms with E-state index in [1.807, 2.05) is 0 Å². The highest BCUT2D eigenvalue weighted by molar-refractivity contribution is 6.30. The summed E-state index contributed by atoms with van der Waals surface area (Å²) >= 11 is 5.55. The molecule has 0 aliphatic rings. The van der Waals surface area contributed by atoms with Gasteiger partial charge in [0.15, 0.2) is 0 Å². The van der Waals surface area contributed by atoms with E-state index in [1.165, 1.54) is 18.2 Å². The summed E-state index contributed by atoms with van der Waals surface area (Å²) in [5.41, 5.74) is 6.25. The predicted octanol–water partition coefficient (Wildman–Crippen LogP) is 1.86. The fourth-order valence-electron chi connectivity index (χ4n) is 0.998. The van der Waals surface area contributed by atoms with Gasteiger partial charge in [0.25, 0.3) is 0 Å². The largest absolute Gasteiger partial charge is 0.391 e. The lowest BCUT2D eigenvalue weighted by molar-refractivity contribution is 0.164. The minimum absolute atomic E-state index is 0.0219. The molecule has 0 saturated carbocycles. The summed E-state index contributed by atoms with van der Waals surface area (Å²) in [5, 5.41) is 9.19. The molecule has 0 saturated heterocycles. The Kier molecular flexibility index (Phi) is 3.25. The van der Waals surface area contributed by atoms with Gasteiger partial charge in [-0.25, -0.2) is 4.39 Å². The molecule has 13 heavy (non-hydrogen) atoms. The number of hydrogen-bond donors (Lipinski definition) is 2. The molecule has 0 amide bonds. The van der Waals surface area contributed by atoms with Crippen molar-refractivity contribution >= 4 is 11.6 Å². The first-order valence-electron chi connectivity index (χ1n) is 3.91. The van der Waals surface area contributed by atoms with Gasteiger partial charge in [-0.2, -0.15) is 0 Å². The van der Waals surface area contributed by atoms with Crippen LogP contribution in [0.3, 0.4) is 0 Å². The van der Waals surface area contributed by atoms with E-state index in [4.69, 9.17) is 17.3 Å². The Morgan fingerprint density at radius 1 is 1.54 bits per heavy atom. The Labute approximate surface area is 81.1 Å². The zero-order valence-corrected chi connectivity index (χ0v) is 7.92. The number of benzene rings is 1. The highest BCUT2D eigenvalue weighted by atomic mass is 35.5. The van der Waals surface area contributed by atoms with E-state index in [0.717, 1.165) is 0 Å². The first-order chi connectivity index (χ1) is 6.02. The Morgan fingerprint density at radius 3 is 2.62 bits per heavy atom. The molecule has 0 radical (unpaired) electrons. The fourth-order valence-corrected chi connectivity index (χ4v) is 1.19. The molecule has 2 nitrogen and oxygen atoms in total. The fraction of sp³-hybridized carbons (Fsp3) is 0.333. The van der Waals surface area contributed by atoms with E-state index >= 15 is 0 Å². The molecule has 72 valence electrons. The topological polar surface area (TPSA) is 46.2 Å². The number of aliphatic hydroxyl groups is 1. The summed E-state index contributed by atoms with van der Waals surface area (Å²) in [5.74, 6) is -0.483. The summed E-state index contributed by atoms with van der Waals surface area (Å²) in [7, 11) is 0. The Bertz CT molecular complexity index is 304. The van der Waals surface area contributed by atoms with Crippen LogP contribution in [0.5, 0.6) is 0 Å². The van der Waals surface area contributed by atoms with E-state index in [1.54, 1.807) is 6.92 Å². The first kappa shape index (κ1) is 10.4. The number of aliphatic hydroxyl groups excluding tert-OH is 1. The van der Waals surface area contributed by atoms with E-state index in [-0.39, 0.29) is 5.02 Å². The lowest BCUT2D eigenvalue weighted by Gasteiger charge is -2.15. The van der Waals surface area contributed by atoms with Gasteiger partial charge >= 0.3 is 0 Å². The average Bonchev–Trinajstić information content (AvgIpc) is 2.08. The van der Waals surface area contributed by atoms with Crippen molar-refractivity contribution in [3.05, 3.63) is 34.6 Å². The molecule has 0 aromatic heterocycles. The highest BCUT2D eigenvalue weighted by Crippen LogP contribution is 2.21. The summed E-state index contributed by atoms with van der Waals surface area (Å²) in [6, 6.07) is 3.64. The minimum atomic E-state index is -0.679. The molecule has 0 heterocycles. The van der Waals surface area contributed by atoms with Crippen molar-refractivity contribution in [3.8, 4) is 0 Å². The molecule has 2 atom stereocenters. The monoisotopic (exact) mass is 203 g/mol. The van der Waals surface area contributed by atoms with Crippen LogP contribution in [-0.4, -0.2) is 11.2 Å². The number of hydrogen-bond acceptors (Lipinski definition) is 2. The summed E-state index contributed by atoms with van der Waals surface area (Å²) in [6.45, 7) is 1.57. The van der Waals surface area contributed by atoms with E-state index in [2.05, 4.69) is 0 Å². The summed E-state index contributed by atoms with van der Waals surface area (Å²) < 4.78 is 12.7. The minimum Gasteiger partial charge on any atom is -0.391 e. The third-order valence-electron chi connectivity index (χ3n) is 1.85. The van der Waals surface area contributed by atoms with Crippen molar-refractivity contribution in [2.24, 2.45) is 5.73 Å². The quantitative estimate of drug-likeness (QED) is 0.771. The number of nitrogens with two attached hydrogens (primary N) is 1. The van der Waals surface area contributed by atoms with Crippen LogP contribution in [0.15, 0.2) is 18.2 Å². The molecule has 1 rings (SSSR count). The van der Waals surface area contributed by atoms with Crippen molar-refractivity contribution in [2.75, 3.05) is 0 Å². The molecule has 0 bridgehead atoms. The van der Waals surface area contributed by atoms with Crippen molar-refractivity contribution in [1.29, 1.82) is 0 Å². The smallest absolute Gasteiger partial charge is 0.141 e. The van der Waals surface area contributed by atoms with Crippen LogP contribution in [0, 0.1) is 5.82 Å². The molecule has 0 spiro atoms. The van der Waals surface area contributed by atoms with Gasteiger partial charge in [-0.3, -0.25) is 0 Å². The van der Waals surface area contributed by atoms with Gasteiger partial charge in [0.1, 0.15) is 5.82 Å². The van der Waals surface area contributed by atoms with E-state index in [9.17, 15) is 9.50 Å². The van der Waals surface area contributed by atoms with Gasteiger partial charge in [-0.15, -0.1) is 0 Å². The van der Waals surface area contributed by atoms with Crippen molar-refractivity contribution in [3.63, 3.8) is 0 Å². The van der Waals surface area contributed by atoms with E-state index < -0.39 is 18.0 Å². The SMILES string of the molecule is CC(O)[C@@H](N)c1ccc(F)c(Cl)c1. The summed E-state index contributed by atoms with van der Waals surface area (Å²) in [4.78, 5) is 0. The lowest BCUT2D eigenvalue weighted by Crippen LogP contribution is -2.23. The van der Waals surface area contributed by atoms with Crippen LogP contribution in [0.1, 0.15) is 18.5 Å². The molecule has 0 aliphatic carbocycles. The Balaban J connectivity index is 2.97. The van der Waals surface area contributed by atoms with E-state index in [0.29, 0.717) is 5.56 Å². The van der Waals surface area contributed by atoms with Crippen LogP contribution < -0.4 is 5.73 Å². The van der Waals surface area contributed by atoms with Crippen LogP contribution >= 0.6 is 11.6 Å². The molecule has 4 heteroatoms. The van der Waals surface area contributed by atoms with Gasteiger partial charge in [0.2, 0.25) is 0 Å². The maximum atomic E-state index is 12.7. The maximum absolute atomic E-state index is 12.7. The molecule has 3 N–H and O–H groups in total. The number of rotatable bonds is 2. The van der Waals surface area contributed by atoms with Gasteiger partial charge in [-0.05, 0) is 24.6 Å². The van der Waals surface area contributed by atoms with Crippen LogP contribution in [0.25, 0.3) is 0 Å². The molecule has 0 fully saturated rings. The Morgan fingerprint density at radius 2 is 2.15 bits per heavy atom. The van der Waals surface area contributed by atoms with Crippen molar-refractivity contribution in [2.45, 2.75) is 19.1 Å².